The van der Waals surface area contributed by atoms with Crippen LogP contribution in [0.4, 0.5) is 0 Å². The van der Waals surface area contributed by atoms with E-state index in [4.69, 9.17) is 10.00 Å². The van der Waals surface area contributed by atoms with Gasteiger partial charge in [-0.15, -0.1) is 0 Å². The first-order valence-electron chi connectivity index (χ1n) is 6.31. The Morgan fingerprint density at radius 1 is 1.39 bits per heavy atom. The monoisotopic (exact) mass is 246 g/mol. The molecule has 0 spiro atoms. The zero-order chi connectivity index (χ0) is 12.8. The molecule has 1 aromatic rings. The zero-order valence-corrected chi connectivity index (χ0v) is 10.4. The summed E-state index contributed by atoms with van der Waals surface area (Å²) in [5.41, 5.74) is 0.641. The van der Waals surface area contributed by atoms with Gasteiger partial charge < -0.3 is 9.84 Å². The van der Waals surface area contributed by atoms with Crippen LogP contribution in [0.2, 0.25) is 0 Å². The highest BCUT2D eigenvalue weighted by Crippen LogP contribution is 2.16. The first kappa shape index (κ1) is 12.9. The Morgan fingerprint density at radius 3 is 2.83 bits per heavy atom. The van der Waals surface area contributed by atoms with Gasteiger partial charge in [-0.3, -0.25) is 4.90 Å². The Hall–Kier alpha value is -1.57. The minimum absolute atomic E-state index is 0.233. The third-order valence-corrected chi connectivity index (χ3v) is 3.34. The van der Waals surface area contributed by atoms with Crippen molar-refractivity contribution in [2.45, 2.75) is 18.9 Å². The predicted molar refractivity (Wildman–Crippen MR) is 68.3 cm³/mol. The fourth-order valence-electron chi connectivity index (χ4n) is 2.30. The van der Waals surface area contributed by atoms with Gasteiger partial charge in [-0.05, 0) is 43.7 Å². The average molecular weight is 246 g/mol. The maximum atomic E-state index is 9.20. The molecule has 0 amide bonds. The van der Waals surface area contributed by atoms with Crippen molar-refractivity contribution in [2.24, 2.45) is 0 Å². The smallest absolute Gasteiger partial charge is 0.119 e. The number of benzene rings is 1. The van der Waals surface area contributed by atoms with Gasteiger partial charge in [0.15, 0.2) is 0 Å². The topological polar surface area (TPSA) is 56.5 Å². The van der Waals surface area contributed by atoms with E-state index in [-0.39, 0.29) is 6.61 Å². The number of aliphatic hydroxyl groups is 1. The lowest BCUT2D eigenvalue weighted by Gasteiger charge is -2.22. The summed E-state index contributed by atoms with van der Waals surface area (Å²) in [5.74, 6) is 0.786. The molecule has 1 aliphatic heterocycles. The Bertz CT molecular complexity index is 411. The molecule has 0 aromatic heterocycles. The van der Waals surface area contributed by atoms with Gasteiger partial charge in [-0.1, -0.05) is 0 Å². The summed E-state index contributed by atoms with van der Waals surface area (Å²) >= 11 is 0. The summed E-state index contributed by atoms with van der Waals surface area (Å²) in [6.45, 7) is 2.73. The van der Waals surface area contributed by atoms with Crippen molar-refractivity contribution in [3.05, 3.63) is 29.8 Å². The van der Waals surface area contributed by atoms with Crippen LogP contribution in [0, 0.1) is 11.3 Å². The van der Waals surface area contributed by atoms with Gasteiger partial charge in [0, 0.05) is 12.6 Å². The molecule has 2 rings (SSSR count). The molecule has 4 heteroatoms. The number of likely N-dealkylation sites (tertiary alicyclic amines) is 1. The molecule has 1 heterocycles. The Kier molecular flexibility index (Phi) is 4.57. The highest BCUT2D eigenvalue weighted by atomic mass is 16.5. The molecule has 0 saturated carbocycles. The van der Waals surface area contributed by atoms with Crippen molar-refractivity contribution < 1.29 is 9.84 Å². The summed E-state index contributed by atoms with van der Waals surface area (Å²) in [6.07, 6.45) is 2.23. The minimum Gasteiger partial charge on any atom is -0.492 e. The Labute approximate surface area is 107 Å². The van der Waals surface area contributed by atoms with Crippen LogP contribution < -0.4 is 4.74 Å². The summed E-state index contributed by atoms with van der Waals surface area (Å²) < 4.78 is 5.63. The first-order valence-corrected chi connectivity index (χ1v) is 6.31. The van der Waals surface area contributed by atoms with E-state index < -0.39 is 0 Å². The minimum atomic E-state index is 0.233. The van der Waals surface area contributed by atoms with E-state index >= 15 is 0 Å². The maximum Gasteiger partial charge on any atom is 0.119 e. The summed E-state index contributed by atoms with van der Waals surface area (Å²) in [6, 6.07) is 9.50. The molecular weight excluding hydrogens is 228 g/mol. The highest BCUT2D eigenvalue weighted by Gasteiger charge is 2.22. The molecule has 1 fully saturated rings. The number of hydrogen-bond donors (Lipinski definition) is 1. The van der Waals surface area contributed by atoms with Crippen molar-refractivity contribution >= 4 is 0 Å². The molecule has 0 aliphatic carbocycles. The number of ether oxygens (including phenoxy) is 1. The predicted octanol–water partition coefficient (Wildman–Crippen LogP) is 1.39. The summed E-state index contributed by atoms with van der Waals surface area (Å²) in [7, 11) is 0. The van der Waals surface area contributed by atoms with E-state index in [2.05, 4.69) is 11.0 Å². The Morgan fingerprint density at radius 2 is 2.17 bits per heavy atom. The van der Waals surface area contributed by atoms with E-state index in [1.165, 1.54) is 0 Å². The van der Waals surface area contributed by atoms with Crippen molar-refractivity contribution in [1.82, 2.24) is 4.90 Å². The first-order chi connectivity index (χ1) is 8.83. The standard InChI is InChI=1S/C14H18N2O2/c15-10-12-3-5-14(6-4-12)18-9-8-16-7-1-2-13(16)11-17/h3-6,13,17H,1-2,7-9,11H2/t13-/m1/s1. The molecule has 18 heavy (non-hydrogen) atoms. The third kappa shape index (κ3) is 3.22. The summed E-state index contributed by atoms with van der Waals surface area (Å²) in [5, 5.41) is 17.9. The fraction of sp³-hybridized carbons (Fsp3) is 0.500. The molecule has 0 unspecified atom stereocenters. The van der Waals surface area contributed by atoms with Crippen LogP contribution in [-0.2, 0) is 0 Å². The lowest BCUT2D eigenvalue weighted by molar-refractivity contribution is 0.139. The SMILES string of the molecule is N#Cc1ccc(OCCN2CCC[C@@H]2CO)cc1. The molecule has 1 aliphatic rings. The maximum absolute atomic E-state index is 9.20. The van der Waals surface area contributed by atoms with Gasteiger partial charge in [0.1, 0.15) is 12.4 Å². The molecule has 96 valence electrons. The van der Waals surface area contributed by atoms with Gasteiger partial charge in [-0.2, -0.15) is 5.26 Å². The van der Waals surface area contributed by atoms with Crippen molar-refractivity contribution in [3.8, 4) is 11.8 Å². The molecule has 1 N–H and O–H groups in total. The van der Waals surface area contributed by atoms with Crippen molar-refractivity contribution in [1.29, 1.82) is 5.26 Å². The average Bonchev–Trinajstić information content (AvgIpc) is 2.87. The van der Waals surface area contributed by atoms with Gasteiger partial charge in [-0.25, -0.2) is 0 Å². The summed E-state index contributed by atoms with van der Waals surface area (Å²) in [4.78, 5) is 2.27. The number of aliphatic hydroxyl groups excluding tert-OH is 1. The van der Waals surface area contributed by atoms with Gasteiger partial charge in [0.2, 0.25) is 0 Å². The largest absolute Gasteiger partial charge is 0.492 e. The molecule has 1 atom stereocenters. The van der Waals surface area contributed by atoms with E-state index in [1.54, 1.807) is 12.1 Å². The lowest BCUT2D eigenvalue weighted by Crippen LogP contribution is -2.35. The second-order valence-electron chi connectivity index (χ2n) is 4.50. The second kappa shape index (κ2) is 6.39. The van der Waals surface area contributed by atoms with Gasteiger partial charge >= 0.3 is 0 Å². The number of rotatable bonds is 5. The van der Waals surface area contributed by atoms with Gasteiger partial charge in [0.25, 0.3) is 0 Å². The molecule has 4 nitrogen and oxygen atoms in total. The van der Waals surface area contributed by atoms with E-state index in [0.29, 0.717) is 18.2 Å². The van der Waals surface area contributed by atoms with Gasteiger partial charge in [0.05, 0.1) is 18.2 Å². The van der Waals surface area contributed by atoms with Crippen LogP contribution in [0.25, 0.3) is 0 Å². The Balaban J connectivity index is 1.76. The number of hydrogen-bond acceptors (Lipinski definition) is 4. The fourth-order valence-corrected chi connectivity index (χ4v) is 2.30. The van der Waals surface area contributed by atoms with Crippen molar-refractivity contribution in [3.63, 3.8) is 0 Å². The zero-order valence-electron chi connectivity index (χ0n) is 10.4. The van der Waals surface area contributed by atoms with Crippen LogP contribution in [0.15, 0.2) is 24.3 Å². The van der Waals surface area contributed by atoms with Crippen LogP contribution >= 0.6 is 0 Å². The normalized spacial score (nSPS) is 19.7. The second-order valence-corrected chi connectivity index (χ2v) is 4.50. The van der Waals surface area contributed by atoms with Crippen LogP contribution in [0.1, 0.15) is 18.4 Å². The van der Waals surface area contributed by atoms with Crippen LogP contribution in [0.3, 0.4) is 0 Å². The number of nitriles is 1. The highest BCUT2D eigenvalue weighted by molar-refractivity contribution is 5.34. The number of nitrogens with zero attached hydrogens (tertiary/aromatic N) is 2. The van der Waals surface area contributed by atoms with E-state index in [0.717, 1.165) is 31.7 Å². The lowest BCUT2D eigenvalue weighted by atomic mass is 10.2. The van der Waals surface area contributed by atoms with E-state index in [1.807, 2.05) is 12.1 Å². The molecule has 0 radical (unpaired) electrons. The third-order valence-electron chi connectivity index (χ3n) is 3.34. The molecular formula is C14H18N2O2. The van der Waals surface area contributed by atoms with E-state index in [9.17, 15) is 5.11 Å². The quantitative estimate of drug-likeness (QED) is 0.853. The molecule has 1 aromatic carbocycles. The van der Waals surface area contributed by atoms with Crippen molar-refractivity contribution in [2.75, 3.05) is 26.3 Å². The van der Waals surface area contributed by atoms with Crippen LogP contribution in [0.5, 0.6) is 5.75 Å². The molecule has 0 bridgehead atoms. The molecule has 1 saturated heterocycles. The van der Waals surface area contributed by atoms with Crippen LogP contribution in [-0.4, -0.2) is 42.4 Å².